The molecule has 2 aromatic rings. The fourth-order valence-electron chi connectivity index (χ4n) is 2.51. The highest BCUT2D eigenvalue weighted by atomic mass is 32.2. The van der Waals surface area contributed by atoms with Gasteiger partial charge in [-0.3, -0.25) is 0 Å². The number of rotatable bonds is 12. The predicted octanol–water partition coefficient (Wildman–Crippen LogP) is 3.16. The van der Waals surface area contributed by atoms with Crippen LogP contribution in [0.4, 0.5) is 0 Å². The molecular weight excluding hydrogens is 364 g/mol. The van der Waals surface area contributed by atoms with Crippen LogP contribution in [0, 0.1) is 0 Å². The Morgan fingerprint density at radius 1 is 0.778 bits per heavy atom. The number of aryl methyl sites for hydroxylation is 1. The third kappa shape index (κ3) is 8.32. The van der Waals surface area contributed by atoms with Crippen LogP contribution in [-0.2, 0) is 15.9 Å². The first-order valence-electron chi connectivity index (χ1n) is 8.94. The average molecular weight is 393 g/mol. The van der Waals surface area contributed by atoms with Crippen LogP contribution in [-0.4, -0.2) is 56.5 Å². The highest BCUT2D eigenvalue weighted by molar-refractivity contribution is 7.99. The van der Waals surface area contributed by atoms with Gasteiger partial charge in [-0.15, -0.1) is 0 Å². The Kier molecular flexibility index (Phi) is 9.66. The van der Waals surface area contributed by atoms with E-state index in [9.17, 15) is 10.2 Å². The molecule has 27 heavy (non-hydrogen) atoms. The molecule has 0 aliphatic rings. The molecule has 2 aromatic carbocycles. The number of hydrogen-bond acceptors (Lipinski definition) is 6. The minimum absolute atomic E-state index is 0.209. The molecule has 0 heterocycles. The fourth-order valence-corrected chi connectivity index (χ4v) is 3.32. The van der Waals surface area contributed by atoms with Gasteiger partial charge in [0.05, 0.1) is 19.3 Å². The van der Waals surface area contributed by atoms with Crippen molar-refractivity contribution in [1.29, 1.82) is 0 Å². The molecule has 0 aliphatic carbocycles. The summed E-state index contributed by atoms with van der Waals surface area (Å²) < 4.78 is 15.4. The normalized spacial score (nSPS) is 13.3. The molecule has 0 aromatic heterocycles. The molecule has 0 saturated heterocycles. The number of aliphatic hydroxyl groups excluding tert-OH is 2. The molecule has 2 N–H and O–H groups in total. The molecule has 0 aliphatic heterocycles. The molecule has 0 amide bonds. The van der Waals surface area contributed by atoms with Crippen molar-refractivity contribution >= 4 is 11.8 Å². The van der Waals surface area contributed by atoms with E-state index in [-0.39, 0.29) is 13.2 Å². The van der Waals surface area contributed by atoms with Crippen LogP contribution < -0.4 is 4.74 Å². The van der Waals surface area contributed by atoms with Gasteiger partial charge in [-0.1, -0.05) is 23.9 Å². The molecule has 0 spiro atoms. The largest absolute Gasteiger partial charge is 0.491 e. The monoisotopic (exact) mass is 392 g/mol. The van der Waals surface area contributed by atoms with Crippen molar-refractivity contribution in [1.82, 2.24) is 0 Å². The first-order valence-corrected chi connectivity index (χ1v) is 9.76. The van der Waals surface area contributed by atoms with Gasteiger partial charge in [0.25, 0.3) is 0 Å². The Balaban J connectivity index is 1.80. The van der Waals surface area contributed by atoms with Gasteiger partial charge in [0.15, 0.2) is 0 Å². The summed E-state index contributed by atoms with van der Waals surface area (Å²) in [7, 11) is 3.14. The molecule has 2 atom stereocenters. The zero-order valence-corrected chi connectivity index (χ0v) is 16.7. The summed E-state index contributed by atoms with van der Waals surface area (Å²) in [5, 5.41) is 19.3. The van der Waals surface area contributed by atoms with E-state index in [4.69, 9.17) is 14.2 Å². The second kappa shape index (κ2) is 12.0. The Morgan fingerprint density at radius 3 is 1.93 bits per heavy atom. The number of benzene rings is 2. The van der Waals surface area contributed by atoms with E-state index in [0.29, 0.717) is 13.0 Å². The summed E-state index contributed by atoms with van der Waals surface area (Å²) in [4.78, 5) is 2.27. The average Bonchev–Trinajstić information content (AvgIpc) is 2.67. The molecular formula is C21H28O5S. The Hall–Kier alpha value is -1.57. The summed E-state index contributed by atoms with van der Waals surface area (Å²) in [5.74, 6) is 0.722. The van der Waals surface area contributed by atoms with Crippen LogP contribution in [0.1, 0.15) is 12.0 Å². The van der Waals surface area contributed by atoms with Crippen molar-refractivity contribution in [3.05, 3.63) is 54.1 Å². The molecule has 2 rings (SSSR count). The summed E-state index contributed by atoms with van der Waals surface area (Å²) in [6.07, 6.45) is 0.482. The zero-order valence-electron chi connectivity index (χ0n) is 15.8. The zero-order chi connectivity index (χ0) is 19.5. The lowest BCUT2D eigenvalue weighted by atomic mass is 10.1. The van der Waals surface area contributed by atoms with Gasteiger partial charge < -0.3 is 24.4 Å². The van der Waals surface area contributed by atoms with E-state index in [1.54, 1.807) is 26.0 Å². The van der Waals surface area contributed by atoms with Gasteiger partial charge in [-0.25, -0.2) is 0 Å². The summed E-state index contributed by atoms with van der Waals surface area (Å²) >= 11 is 1.68. The van der Waals surface area contributed by atoms with Crippen molar-refractivity contribution in [3.63, 3.8) is 0 Å². The highest BCUT2D eigenvalue weighted by Crippen LogP contribution is 2.29. The molecule has 0 radical (unpaired) electrons. The van der Waals surface area contributed by atoms with Gasteiger partial charge in [-0.05, 0) is 54.8 Å². The Bertz CT molecular complexity index is 587. The maximum atomic E-state index is 9.72. The highest BCUT2D eigenvalue weighted by Gasteiger charge is 2.06. The van der Waals surface area contributed by atoms with Gasteiger partial charge >= 0.3 is 0 Å². The van der Waals surface area contributed by atoms with E-state index in [1.807, 2.05) is 24.3 Å². The number of methoxy groups -OCH3 is 2. The van der Waals surface area contributed by atoms with Crippen LogP contribution >= 0.6 is 11.8 Å². The quantitative estimate of drug-likeness (QED) is 0.578. The summed E-state index contributed by atoms with van der Waals surface area (Å²) in [5.41, 5.74) is 1.20. The lowest BCUT2D eigenvalue weighted by Gasteiger charge is -2.12. The molecule has 0 saturated carbocycles. The fraction of sp³-hybridized carbons (Fsp3) is 0.429. The number of ether oxygens (including phenoxy) is 3. The van der Waals surface area contributed by atoms with Gasteiger partial charge in [0.2, 0.25) is 0 Å². The third-order valence-electron chi connectivity index (χ3n) is 3.91. The molecule has 148 valence electrons. The molecule has 2 unspecified atom stereocenters. The molecule has 5 nitrogen and oxygen atoms in total. The van der Waals surface area contributed by atoms with Crippen molar-refractivity contribution in [2.75, 3.05) is 34.0 Å². The van der Waals surface area contributed by atoms with Crippen LogP contribution in [0.5, 0.6) is 5.75 Å². The van der Waals surface area contributed by atoms with Crippen LogP contribution in [0.25, 0.3) is 0 Å². The van der Waals surface area contributed by atoms with E-state index in [2.05, 4.69) is 24.3 Å². The topological polar surface area (TPSA) is 68.2 Å². The number of hydrogen-bond donors (Lipinski definition) is 2. The van der Waals surface area contributed by atoms with E-state index in [1.165, 1.54) is 5.56 Å². The summed E-state index contributed by atoms with van der Waals surface area (Å²) in [6, 6.07) is 16.2. The lowest BCUT2D eigenvalue weighted by molar-refractivity contribution is 0.0325. The standard InChI is InChI=1S/C21H28O5S/c1-24-13-17(22)6-3-16-4-9-20(10-5-16)27-21-11-7-19(8-12-21)26-15-18(23)14-25-2/h4-5,7-12,17-18,22-23H,3,6,13-15H2,1-2H3. The number of aliphatic hydroxyl groups is 2. The Labute approximate surface area is 165 Å². The van der Waals surface area contributed by atoms with E-state index < -0.39 is 12.2 Å². The van der Waals surface area contributed by atoms with Crippen LogP contribution in [0.15, 0.2) is 58.3 Å². The van der Waals surface area contributed by atoms with Gasteiger partial charge in [0, 0.05) is 24.0 Å². The lowest BCUT2D eigenvalue weighted by Crippen LogP contribution is -2.22. The van der Waals surface area contributed by atoms with Gasteiger partial charge in [-0.2, -0.15) is 0 Å². The summed E-state index contributed by atoms with van der Waals surface area (Å²) in [6.45, 7) is 0.842. The SMILES string of the molecule is COCC(O)CCc1ccc(Sc2ccc(OCC(O)COC)cc2)cc1. The van der Waals surface area contributed by atoms with Crippen molar-refractivity contribution in [2.45, 2.75) is 34.8 Å². The second-order valence-corrected chi connectivity index (χ2v) is 7.43. The molecule has 0 fully saturated rings. The second-order valence-electron chi connectivity index (χ2n) is 6.29. The van der Waals surface area contributed by atoms with Gasteiger partial charge in [0.1, 0.15) is 18.5 Å². The predicted molar refractivity (Wildman–Crippen MR) is 107 cm³/mol. The Morgan fingerprint density at radius 2 is 1.33 bits per heavy atom. The molecule has 0 bridgehead atoms. The maximum Gasteiger partial charge on any atom is 0.119 e. The minimum atomic E-state index is -0.627. The smallest absolute Gasteiger partial charge is 0.119 e. The van der Waals surface area contributed by atoms with Crippen LogP contribution in [0.2, 0.25) is 0 Å². The van der Waals surface area contributed by atoms with Crippen LogP contribution in [0.3, 0.4) is 0 Å². The van der Waals surface area contributed by atoms with Crippen molar-refractivity contribution in [3.8, 4) is 5.75 Å². The van der Waals surface area contributed by atoms with Crippen molar-refractivity contribution < 1.29 is 24.4 Å². The van der Waals surface area contributed by atoms with E-state index >= 15 is 0 Å². The van der Waals surface area contributed by atoms with Crippen molar-refractivity contribution in [2.24, 2.45) is 0 Å². The first-order chi connectivity index (χ1) is 13.1. The third-order valence-corrected chi connectivity index (χ3v) is 4.93. The van der Waals surface area contributed by atoms with E-state index in [0.717, 1.165) is 22.0 Å². The maximum absolute atomic E-state index is 9.72. The minimum Gasteiger partial charge on any atom is -0.491 e. The first kappa shape index (κ1) is 21.7. The molecule has 6 heteroatoms.